The van der Waals surface area contributed by atoms with Gasteiger partial charge in [-0.15, -0.1) is 0 Å². The summed E-state index contributed by atoms with van der Waals surface area (Å²) in [5.74, 6) is 0. The van der Waals surface area contributed by atoms with Gasteiger partial charge in [0, 0.05) is 19.5 Å². The van der Waals surface area contributed by atoms with Gasteiger partial charge >= 0.3 is 0 Å². The molecule has 0 amide bonds. The Labute approximate surface area is 46.1 Å². The van der Waals surface area contributed by atoms with Gasteiger partial charge in [-0.1, -0.05) is 0 Å². The van der Waals surface area contributed by atoms with E-state index in [0.717, 1.165) is 0 Å². The van der Waals surface area contributed by atoms with E-state index in [9.17, 15) is 0 Å². The SMILES string of the molecule is CN(C)C.[Zn]. The standard InChI is InChI=1S/C3H9N.Zn/c1-4(2)3;/h1-3H3;. The first kappa shape index (κ1) is 9.13. The van der Waals surface area contributed by atoms with Crippen molar-refractivity contribution < 1.29 is 19.5 Å². The number of rotatable bonds is 0. The van der Waals surface area contributed by atoms with E-state index in [1.54, 1.807) is 0 Å². The molecular formula is C3H9NZn. The van der Waals surface area contributed by atoms with E-state index in [0.29, 0.717) is 0 Å². The molecule has 0 saturated heterocycles. The number of hydrogen-bond donors (Lipinski definition) is 0. The second-order valence-electron chi connectivity index (χ2n) is 1.34. The van der Waals surface area contributed by atoms with Crippen LogP contribution in [0, 0.1) is 0 Å². The third-order valence-corrected chi connectivity index (χ3v) is 0. The summed E-state index contributed by atoms with van der Waals surface area (Å²) in [6.07, 6.45) is 0. The smallest absolute Gasteiger partial charge is 0 e. The molecule has 0 saturated carbocycles. The topological polar surface area (TPSA) is 3.24 Å². The molecule has 0 atom stereocenters. The van der Waals surface area contributed by atoms with Crippen LogP contribution in [0.1, 0.15) is 0 Å². The summed E-state index contributed by atoms with van der Waals surface area (Å²) in [5, 5.41) is 0. The summed E-state index contributed by atoms with van der Waals surface area (Å²) in [4.78, 5) is 2.00. The normalized spacial score (nSPS) is 7.20. The van der Waals surface area contributed by atoms with Crippen molar-refractivity contribution in [3.63, 3.8) is 0 Å². The van der Waals surface area contributed by atoms with Gasteiger partial charge in [-0.3, -0.25) is 0 Å². The van der Waals surface area contributed by atoms with Gasteiger partial charge < -0.3 is 4.90 Å². The maximum absolute atomic E-state index is 2.00. The first-order chi connectivity index (χ1) is 1.73. The molecule has 0 bridgehead atoms. The molecule has 0 spiro atoms. The van der Waals surface area contributed by atoms with Crippen molar-refractivity contribution in [3.8, 4) is 0 Å². The molecule has 0 radical (unpaired) electrons. The van der Waals surface area contributed by atoms with E-state index in [-0.39, 0.29) is 19.5 Å². The zero-order chi connectivity index (χ0) is 3.58. The number of nitrogens with zero attached hydrogens (tertiary/aromatic N) is 1. The van der Waals surface area contributed by atoms with Crippen LogP contribution in [0.4, 0.5) is 0 Å². The molecular weight excluding hydrogens is 115 g/mol. The third-order valence-electron chi connectivity index (χ3n) is 0. The molecule has 0 aliphatic carbocycles. The Morgan fingerprint density at radius 3 is 1.00 bits per heavy atom. The zero-order valence-corrected chi connectivity index (χ0v) is 7.12. The van der Waals surface area contributed by atoms with Crippen molar-refractivity contribution in [2.75, 3.05) is 21.1 Å². The Balaban J connectivity index is 0. The predicted molar refractivity (Wildman–Crippen MR) is 19.6 cm³/mol. The Hall–Kier alpha value is 0.583. The fourth-order valence-corrected chi connectivity index (χ4v) is 0. The first-order valence-electron chi connectivity index (χ1n) is 1.34. The van der Waals surface area contributed by atoms with E-state index < -0.39 is 0 Å². The Bertz CT molecular complexity index is 11.6. The van der Waals surface area contributed by atoms with Crippen LogP contribution >= 0.6 is 0 Å². The van der Waals surface area contributed by atoms with E-state index >= 15 is 0 Å². The Morgan fingerprint density at radius 1 is 1.00 bits per heavy atom. The predicted octanol–water partition coefficient (Wildman–Crippen LogP) is 0.175. The minimum absolute atomic E-state index is 0. The van der Waals surface area contributed by atoms with Gasteiger partial charge in [0.05, 0.1) is 0 Å². The van der Waals surface area contributed by atoms with Gasteiger partial charge in [0.2, 0.25) is 0 Å². The second-order valence-corrected chi connectivity index (χ2v) is 1.34. The molecule has 0 aliphatic heterocycles. The van der Waals surface area contributed by atoms with Crippen LogP contribution < -0.4 is 0 Å². The summed E-state index contributed by atoms with van der Waals surface area (Å²) in [6, 6.07) is 0. The molecule has 0 N–H and O–H groups in total. The third kappa shape index (κ3) is 89.9. The van der Waals surface area contributed by atoms with E-state index in [1.807, 2.05) is 26.0 Å². The fraction of sp³-hybridized carbons (Fsp3) is 1.00. The van der Waals surface area contributed by atoms with Crippen molar-refractivity contribution in [3.05, 3.63) is 0 Å². The van der Waals surface area contributed by atoms with Crippen LogP contribution in [-0.4, -0.2) is 26.0 Å². The minimum atomic E-state index is 0. The van der Waals surface area contributed by atoms with Crippen LogP contribution in [0.25, 0.3) is 0 Å². The van der Waals surface area contributed by atoms with Crippen molar-refractivity contribution in [1.29, 1.82) is 0 Å². The molecule has 0 aliphatic rings. The Morgan fingerprint density at radius 2 is 1.00 bits per heavy atom. The summed E-state index contributed by atoms with van der Waals surface area (Å²) < 4.78 is 0. The van der Waals surface area contributed by atoms with Gasteiger partial charge in [0.15, 0.2) is 0 Å². The van der Waals surface area contributed by atoms with Crippen molar-refractivity contribution in [2.24, 2.45) is 0 Å². The van der Waals surface area contributed by atoms with Crippen LogP contribution in [0.3, 0.4) is 0 Å². The molecule has 0 aromatic rings. The van der Waals surface area contributed by atoms with E-state index in [2.05, 4.69) is 0 Å². The minimum Gasteiger partial charge on any atom is -0.312 e. The average Bonchev–Trinajstić information content (AvgIpc) is 0.811. The van der Waals surface area contributed by atoms with Gasteiger partial charge in [0.1, 0.15) is 0 Å². The molecule has 1 nitrogen and oxygen atoms in total. The molecule has 5 heavy (non-hydrogen) atoms. The average molecular weight is 125 g/mol. The van der Waals surface area contributed by atoms with Crippen molar-refractivity contribution in [1.82, 2.24) is 4.90 Å². The second kappa shape index (κ2) is 4.58. The molecule has 28 valence electrons. The van der Waals surface area contributed by atoms with Gasteiger partial charge in [0.25, 0.3) is 0 Å². The molecule has 0 rings (SSSR count). The quantitative estimate of drug-likeness (QED) is 0.417. The van der Waals surface area contributed by atoms with Gasteiger partial charge in [-0.05, 0) is 21.1 Å². The summed E-state index contributed by atoms with van der Waals surface area (Å²) in [7, 11) is 6.00. The van der Waals surface area contributed by atoms with E-state index in [1.165, 1.54) is 0 Å². The molecule has 0 aromatic heterocycles. The molecule has 0 unspecified atom stereocenters. The summed E-state index contributed by atoms with van der Waals surface area (Å²) in [6.45, 7) is 0. The summed E-state index contributed by atoms with van der Waals surface area (Å²) >= 11 is 0. The Kier molecular flexibility index (Phi) is 8.37. The monoisotopic (exact) mass is 123 g/mol. The first-order valence-corrected chi connectivity index (χ1v) is 1.34. The summed E-state index contributed by atoms with van der Waals surface area (Å²) in [5.41, 5.74) is 0. The van der Waals surface area contributed by atoms with Crippen molar-refractivity contribution in [2.45, 2.75) is 0 Å². The van der Waals surface area contributed by atoms with Crippen molar-refractivity contribution >= 4 is 0 Å². The van der Waals surface area contributed by atoms with Crippen LogP contribution in [0.15, 0.2) is 0 Å². The maximum Gasteiger partial charge on any atom is 0 e. The van der Waals surface area contributed by atoms with Crippen LogP contribution in [-0.2, 0) is 19.5 Å². The van der Waals surface area contributed by atoms with E-state index in [4.69, 9.17) is 0 Å². The molecule has 2 heteroatoms. The largest absolute Gasteiger partial charge is 0.312 e. The maximum atomic E-state index is 2.00. The fourth-order valence-electron chi connectivity index (χ4n) is 0. The molecule has 0 aromatic carbocycles. The molecule has 0 heterocycles. The number of hydrogen-bond acceptors (Lipinski definition) is 1. The van der Waals surface area contributed by atoms with Gasteiger partial charge in [-0.2, -0.15) is 0 Å². The molecule has 0 fully saturated rings. The zero-order valence-electron chi connectivity index (χ0n) is 4.15. The van der Waals surface area contributed by atoms with Gasteiger partial charge in [-0.25, -0.2) is 0 Å². The van der Waals surface area contributed by atoms with Crippen LogP contribution in [0.2, 0.25) is 0 Å². The van der Waals surface area contributed by atoms with Crippen LogP contribution in [0.5, 0.6) is 0 Å².